The van der Waals surface area contributed by atoms with E-state index in [1.165, 1.54) is 31.2 Å². The minimum absolute atomic E-state index is 0.372. The summed E-state index contributed by atoms with van der Waals surface area (Å²) in [7, 11) is 0. The lowest BCUT2D eigenvalue weighted by atomic mass is 9.66. The summed E-state index contributed by atoms with van der Waals surface area (Å²) in [6, 6.07) is 8.87. The number of benzene rings is 1. The average molecular weight is 287 g/mol. The van der Waals surface area contributed by atoms with Gasteiger partial charge in [-0.05, 0) is 49.0 Å². The van der Waals surface area contributed by atoms with Crippen LogP contribution >= 0.6 is 0 Å². The van der Waals surface area contributed by atoms with E-state index in [1.807, 2.05) is 0 Å². The van der Waals surface area contributed by atoms with Crippen LogP contribution in [0.1, 0.15) is 57.9 Å². The first-order valence-electron chi connectivity index (χ1n) is 8.42. The fraction of sp³-hybridized carbons (Fsp3) is 0.684. The van der Waals surface area contributed by atoms with E-state index < -0.39 is 0 Å². The first kappa shape index (κ1) is 14.9. The van der Waals surface area contributed by atoms with Crippen molar-refractivity contribution >= 4 is 0 Å². The Morgan fingerprint density at radius 3 is 2.71 bits per heavy atom. The van der Waals surface area contributed by atoms with Gasteiger partial charge in [-0.1, -0.05) is 39.0 Å². The Morgan fingerprint density at radius 1 is 1.19 bits per heavy atom. The highest BCUT2D eigenvalue weighted by atomic mass is 16.5. The maximum atomic E-state index is 6.44. The number of ether oxygens (including phenoxy) is 1. The molecular weight excluding hydrogens is 258 g/mol. The van der Waals surface area contributed by atoms with Crippen molar-refractivity contribution in [1.29, 1.82) is 0 Å². The van der Waals surface area contributed by atoms with Crippen LogP contribution in [0.15, 0.2) is 24.3 Å². The van der Waals surface area contributed by atoms with Crippen LogP contribution in [-0.4, -0.2) is 12.6 Å². The maximum absolute atomic E-state index is 6.44. The maximum Gasteiger partial charge on any atom is 0.122 e. The zero-order valence-electron chi connectivity index (χ0n) is 13.6. The SMILES string of the molecule is CC(C)(C)C1CCC(N)C(CC2COc3ccccc32)C1. The molecule has 1 aliphatic heterocycles. The van der Waals surface area contributed by atoms with Crippen LogP contribution in [0, 0.1) is 17.3 Å². The van der Waals surface area contributed by atoms with Gasteiger partial charge in [0.2, 0.25) is 0 Å². The third kappa shape index (κ3) is 3.11. The summed E-state index contributed by atoms with van der Waals surface area (Å²) in [6.07, 6.45) is 4.94. The van der Waals surface area contributed by atoms with Crippen molar-refractivity contribution in [1.82, 2.24) is 0 Å². The van der Waals surface area contributed by atoms with E-state index >= 15 is 0 Å². The van der Waals surface area contributed by atoms with Crippen LogP contribution in [0.25, 0.3) is 0 Å². The lowest BCUT2D eigenvalue weighted by Crippen LogP contribution is -2.40. The highest BCUT2D eigenvalue weighted by molar-refractivity contribution is 5.39. The highest BCUT2D eigenvalue weighted by Gasteiger charge is 2.36. The van der Waals surface area contributed by atoms with Gasteiger partial charge >= 0.3 is 0 Å². The van der Waals surface area contributed by atoms with E-state index in [2.05, 4.69) is 45.0 Å². The predicted molar refractivity (Wildman–Crippen MR) is 87.6 cm³/mol. The van der Waals surface area contributed by atoms with E-state index in [1.54, 1.807) is 0 Å². The molecule has 1 saturated carbocycles. The number of hydrogen-bond acceptors (Lipinski definition) is 2. The Labute approximate surface area is 129 Å². The Balaban J connectivity index is 1.69. The number of fused-ring (bicyclic) bond motifs is 1. The van der Waals surface area contributed by atoms with Gasteiger partial charge in [-0.25, -0.2) is 0 Å². The van der Waals surface area contributed by atoms with Gasteiger partial charge in [-0.3, -0.25) is 0 Å². The average Bonchev–Trinajstić information content (AvgIpc) is 2.83. The van der Waals surface area contributed by atoms with Gasteiger partial charge < -0.3 is 10.5 Å². The first-order chi connectivity index (χ1) is 9.95. The summed E-state index contributed by atoms with van der Waals surface area (Å²) in [5.41, 5.74) is 8.24. The topological polar surface area (TPSA) is 35.2 Å². The molecule has 0 spiro atoms. The summed E-state index contributed by atoms with van der Waals surface area (Å²) in [5.74, 6) is 3.07. The smallest absolute Gasteiger partial charge is 0.122 e. The molecule has 21 heavy (non-hydrogen) atoms. The summed E-state index contributed by atoms with van der Waals surface area (Å²) in [6.45, 7) is 7.96. The quantitative estimate of drug-likeness (QED) is 0.878. The molecule has 0 amide bonds. The predicted octanol–water partition coefficient (Wildman–Crippen LogP) is 4.34. The molecule has 116 valence electrons. The third-order valence-corrected chi connectivity index (χ3v) is 5.65. The van der Waals surface area contributed by atoms with E-state index in [0.717, 1.165) is 18.3 Å². The van der Waals surface area contributed by atoms with E-state index in [9.17, 15) is 0 Å². The first-order valence-corrected chi connectivity index (χ1v) is 8.42. The summed E-state index contributed by atoms with van der Waals surface area (Å²) in [5, 5.41) is 0. The zero-order chi connectivity index (χ0) is 15.0. The van der Waals surface area contributed by atoms with Crippen LogP contribution in [0.2, 0.25) is 0 Å². The second kappa shape index (κ2) is 5.64. The lowest BCUT2D eigenvalue weighted by molar-refractivity contribution is 0.116. The van der Waals surface area contributed by atoms with Crippen LogP contribution in [0.4, 0.5) is 0 Å². The lowest BCUT2D eigenvalue weighted by Gasteiger charge is -2.41. The molecule has 1 aromatic rings. The minimum atomic E-state index is 0.372. The summed E-state index contributed by atoms with van der Waals surface area (Å²) in [4.78, 5) is 0. The van der Waals surface area contributed by atoms with Gasteiger partial charge in [0, 0.05) is 17.5 Å². The largest absolute Gasteiger partial charge is 0.493 e. The van der Waals surface area contributed by atoms with Gasteiger partial charge in [0.05, 0.1) is 6.61 Å². The molecule has 0 bridgehead atoms. The van der Waals surface area contributed by atoms with Crippen molar-refractivity contribution in [2.75, 3.05) is 6.61 Å². The van der Waals surface area contributed by atoms with Crippen molar-refractivity contribution < 1.29 is 4.74 Å². The fourth-order valence-electron chi connectivity index (χ4n) is 4.13. The number of nitrogens with two attached hydrogens (primary N) is 1. The molecule has 0 aromatic heterocycles. The minimum Gasteiger partial charge on any atom is -0.493 e. The van der Waals surface area contributed by atoms with E-state index in [4.69, 9.17) is 10.5 Å². The molecule has 0 radical (unpaired) electrons. The van der Waals surface area contributed by atoms with Crippen molar-refractivity contribution in [3.05, 3.63) is 29.8 Å². The summed E-state index contributed by atoms with van der Waals surface area (Å²) >= 11 is 0. The Kier molecular flexibility index (Phi) is 4.00. The number of rotatable bonds is 2. The van der Waals surface area contributed by atoms with E-state index in [-0.39, 0.29) is 0 Å². The Bertz CT molecular complexity index is 491. The molecule has 1 heterocycles. The second-order valence-corrected chi connectivity index (χ2v) is 8.08. The fourth-order valence-corrected chi connectivity index (χ4v) is 4.13. The zero-order valence-corrected chi connectivity index (χ0v) is 13.6. The molecule has 4 unspecified atom stereocenters. The Morgan fingerprint density at radius 2 is 1.95 bits per heavy atom. The molecule has 0 saturated heterocycles. The van der Waals surface area contributed by atoms with Gasteiger partial charge in [-0.2, -0.15) is 0 Å². The number of para-hydroxylation sites is 1. The molecule has 3 rings (SSSR count). The molecule has 2 N–H and O–H groups in total. The van der Waals surface area contributed by atoms with Crippen LogP contribution < -0.4 is 10.5 Å². The Hall–Kier alpha value is -1.02. The molecule has 2 heteroatoms. The molecule has 2 nitrogen and oxygen atoms in total. The van der Waals surface area contributed by atoms with Gasteiger partial charge in [0.1, 0.15) is 5.75 Å². The standard InChI is InChI=1S/C19H29NO/c1-19(2,3)15-8-9-17(20)13(11-15)10-14-12-21-18-7-5-4-6-16(14)18/h4-7,13-15,17H,8-12,20H2,1-3H3. The van der Waals surface area contributed by atoms with Gasteiger partial charge in [0.25, 0.3) is 0 Å². The van der Waals surface area contributed by atoms with Crippen molar-refractivity contribution in [3.8, 4) is 5.75 Å². The van der Waals surface area contributed by atoms with E-state index in [0.29, 0.717) is 23.3 Å². The molecule has 2 aliphatic rings. The molecule has 1 aliphatic carbocycles. The number of hydrogen-bond donors (Lipinski definition) is 1. The summed E-state index contributed by atoms with van der Waals surface area (Å²) < 4.78 is 5.84. The monoisotopic (exact) mass is 287 g/mol. The van der Waals surface area contributed by atoms with Crippen LogP contribution in [0.5, 0.6) is 5.75 Å². The molecular formula is C19H29NO. The van der Waals surface area contributed by atoms with Crippen LogP contribution in [0.3, 0.4) is 0 Å². The van der Waals surface area contributed by atoms with Crippen molar-refractivity contribution in [2.45, 2.75) is 58.4 Å². The molecule has 1 fully saturated rings. The molecule has 4 atom stereocenters. The molecule has 1 aromatic carbocycles. The third-order valence-electron chi connectivity index (χ3n) is 5.65. The highest BCUT2D eigenvalue weighted by Crippen LogP contribution is 2.45. The normalized spacial score (nSPS) is 32.6. The second-order valence-electron chi connectivity index (χ2n) is 8.08. The van der Waals surface area contributed by atoms with Crippen molar-refractivity contribution in [2.24, 2.45) is 23.0 Å². The van der Waals surface area contributed by atoms with Gasteiger partial charge in [0.15, 0.2) is 0 Å². The van der Waals surface area contributed by atoms with Crippen molar-refractivity contribution in [3.63, 3.8) is 0 Å². The van der Waals surface area contributed by atoms with Crippen LogP contribution in [-0.2, 0) is 0 Å². The van der Waals surface area contributed by atoms with Gasteiger partial charge in [-0.15, -0.1) is 0 Å².